The van der Waals surface area contributed by atoms with Crippen molar-refractivity contribution in [1.29, 1.82) is 0 Å². The van der Waals surface area contributed by atoms with E-state index in [-0.39, 0.29) is 24.0 Å². The summed E-state index contributed by atoms with van der Waals surface area (Å²) in [6.07, 6.45) is 8.52. The first-order valence-corrected chi connectivity index (χ1v) is 5.16. The summed E-state index contributed by atoms with van der Waals surface area (Å²) in [5.41, 5.74) is 0. The van der Waals surface area contributed by atoms with Gasteiger partial charge in [0, 0.05) is 0 Å². The van der Waals surface area contributed by atoms with Crippen LogP contribution in [-0.2, 0) is 0 Å². The van der Waals surface area contributed by atoms with Crippen LogP contribution in [0.5, 0.6) is 0 Å². The molecule has 0 saturated carbocycles. The van der Waals surface area contributed by atoms with Gasteiger partial charge in [0.15, 0.2) is 0 Å². The molecule has 0 aromatic heterocycles. The predicted molar refractivity (Wildman–Crippen MR) is 65.2 cm³/mol. The van der Waals surface area contributed by atoms with E-state index >= 15 is 0 Å². The number of nitrogens with zero attached hydrogens (tertiary/aromatic N) is 1. The largest absolute Gasteiger partial charge is 0.303 e. The van der Waals surface area contributed by atoms with E-state index in [1.165, 1.54) is 58.2 Å². The molecule has 1 nitrogen and oxygen atoms in total. The molecule has 0 radical (unpaired) electrons. The Morgan fingerprint density at radius 3 is 2.25 bits per heavy atom. The Morgan fingerprint density at radius 2 is 1.67 bits per heavy atom. The van der Waals surface area contributed by atoms with E-state index in [1.807, 2.05) is 0 Å². The summed E-state index contributed by atoms with van der Waals surface area (Å²) >= 11 is 0. The van der Waals surface area contributed by atoms with E-state index in [1.54, 1.807) is 0 Å². The number of hydrogen-bond acceptors (Lipinski definition) is 1. The molecule has 0 atom stereocenters. The maximum absolute atomic E-state index is 2.62. The van der Waals surface area contributed by atoms with Gasteiger partial charge in [-0.25, -0.2) is 0 Å². The third kappa shape index (κ3) is 5.36. The fourth-order valence-electron chi connectivity index (χ4n) is 1.77. The molecule has 0 unspecified atom stereocenters. The molecule has 0 spiro atoms. The number of rotatable bonds is 4. The van der Waals surface area contributed by atoms with Gasteiger partial charge in [0.2, 0.25) is 0 Å². The second-order valence-electron chi connectivity index (χ2n) is 3.61. The molecule has 1 heterocycles. The molecule has 12 heavy (non-hydrogen) atoms. The molecule has 0 amide bonds. The van der Waals surface area contributed by atoms with Crippen molar-refractivity contribution in [2.45, 2.75) is 45.4 Å². The molecule has 0 N–H and O–H groups in total. The number of halogens is 1. The van der Waals surface area contributed by atoms with Crippen LogP contribution in [0.3, 0.4) is 0 Å². The van der Waals surface area contributed by atoms with Crippen molar-refractivity contribution in [3.63, 3.8) is 0 Å². The van der Waals surface area contributed by atoms with Crippen LogP contribution in [0.4, 0.5) is 0 Å². The average molecular weight is 283 g/mol. The zero-order chi connectivity index (χ0) is 7.94. The van der Waals surface area contributed by atoms with Crippen molar-refractivity contribution in [2.75, 3.05) is 19.6 Å². The number of piperidine rings is 1. The Morgan fingerprint density at radius 1 is 1.00 bits per heavy atom. The van der Waals surface area contributed by atoms with Crippen LogP contribution in [0.15, 0.2) is 0 Å². The fraction of sp³-hybridized carbons (Fsp3) is 1.00. The molecule has 1 saturated heterocycles. The van der Waals surface area contributed by atoms with Gasteiger partial charge < -0.3 is 4.90 Å². The van der Waals surface area contributed by atoms with Crippen LogP contribution in [0.1, 0.15) is 45.4 Å². The third-order valence-corrected chi connectivity index (χ3v) is 2.53. The molecular formula is C10H22IN. The second kappa shape index (κ2) is 8.30. The highest BCUT2D eigenvalue weighted by Gasteiger charge is 2.08. The van der Waals surface area contributed by atoms with Crippen molar-refractivity contribution in [3.8, 4) is 0 Å². The molecule has 0 aliphatic carbocycles. The Hall–Kier alpha value is 0.690. The summed E-state index contributed by atoms with van der Waals surface area (Å²) in [7, 11) is 0. The van der Waals surface area contributed by atoms with Crippen LogP contribution < -0.4 is 0 Å². The van der Waals surface area contributed by atoms with Crippen LogP contribution in [-0.4, -0.2) is 24.5 Å². The van der Waals surface area contributed by atoms with Crippen LogP contribution in [0, 0.1) is 0 Å². The number of unbranched alkanes of at least 4 members (excludes halogenated alkanes) is 2. The van der Waals surface area contributed by atoms with E-state index in [0.717, 1.165) is 0 Å². The highest BCUT2D eigenvalue weighted by atomic mass is 127. The molecule has 2 heteroatoms. The maximum atomic E-state index is 2.62. The molecule has 1 aliphatic heterocycles. The predicted octanol–water partition coefficient (Wildman–Crippen LogP) is 3.28. The molecule has 1 fully saturated rings. The normalized spacial score (nSPS) is 18.8. The van der Waals surface area contributed by atoms with Crippen LogP contribution in [0.2, 0.25) is 0 Å². The molecular weight excluding hydrogens is 261 g/mol. The molecule has 0 bridgehead atoms. The minimum Gasteiger partial charge on any atom is -0.303 e. The average Bonchev–Trinajstić information content (AvgIpc) is 2.07. The molecule has 1 aliphatic rings. The summed E-state index contributed by atoms with van der Waals surface area (Å²) in [5, 5.41) is 0. The van der Waals surface area contributed by atoms with Crippen molar-refractivity contribution in [3.05, 3.63) is 0 Å². The highest BCUT2D eigenvalue weighted by Crippen LogP contribution is 2.09. The minimum absolute atomic E-state index is 0. The summed E-state index contributed by atoms with van der Waals surface area (Å²) in [5.74, 6) is 0. The maximum Gasteiger partial charge on any atom is -0.00187 e. The quantitative estimate of drug-likeness (QED) is 0.565. The first-order chi connectivity index (χ1) is 5.43. The van der Waals surface area contributed by atoms with Gasteiger partial charge in [-0.3, -0.25) is 0 Å². The topological polar surface area (TPSA) is 3.24 Å². The summed E-state index contributed by atoms with van der Waals surface area (Å²) in [6.45, 7) is 6.36. The highest BCUT2D eigenvalue weighted by molar-refractivity contribution is 14.0. The lowest BCUT2D eigenvalue weighted by Crippen LogP contribution is -2.30. The lowest BCUT2D eigenvalue weighted by Gasteiger charge is -2.26. The van der Waals surface area contributed by atoms with Crippen molar-refractivity contribution >= 4 is 24.0 Å². The van der Waals surface area contributed by atoms with Gasteiger partial charge in [0.25, 0.3) is 0 Å². The Labute approximate surface area is 93.9 Å². The Balaban J connectivity index is 0.00000121. The van der Waals surface area contributed by atoms with Gasteiger partial charge in [-0.2, -0.15) is 0 Å². The fourth-order valence-corrected chi connectivity index (χ4v) is 1.77. The summed E-state index contributed by atoms with van der Waals surface area (Å²) < 4.78 is 0. The van der Waals surface area contributed by atoms with E-state index < -0.39 is 0 Å². The van der Waals surface area contributed by atoms with E-state index in [2.05, 4.69) is 11.8 Å². The molecule has 74 valence electrons. The Kier molecular flexibility index (Phi) is 8.77. The first kappa shape index (κ1) is 12.7. The zero-order valence-electron chi connectivity index (χ0n) is 8.22. The van der Waals surface area contributed by atoms with Crippen LogP contribution in [0.25, 0.3) is 0 Å². The zero-order valence-corrected chi connectivity index (χ0v) is 10.5. The first-order valence-electron chi connectivity index (χ1n) is 5.16. The van der Waals surface area contributed by atoms with Gasteiger partial charge in [-0.15, -0.1) is 24.0 Å². The standard InChI is InChI=1S/C10H21N.HI/c1-2-3-5-8-11-9-6-4-7-10-11;/h2-10H2,1H3;1H. The van der Waals surface area contributed by atoms with Gasteiger partial charge in [-0.05, 0) is 38.9 Å². The van der Waals surface area contributed by atoms with Gasteiger partial charge in [0.1, 0.15) is 0 Å². The number of likely N-dealkylation sites (tertiary alicyclic amines) is 1. The van der Waals surface area contributed by atoms with Gasteiger partial charge in [0.05, 0.1) is 0 Å². The Bertz CT molecular complexity index is 89.8. The van der Waals surface area contributed by atoms with Crippen molar-refractivity contribution < 1.29 is 0 Å². The van der Waals surface area contributed by atoms with Gasteiger partial charge in [-0.1, -0.05) is 26.2 Å². The van der Waals surface area contributed by atoms with Gasteiger partial charge >= 0.3 is 0 Å². The van der Waals surface area contributed by atoms with Crippen molar-refractivity contribution in [1.82, 2.24) is 4.90 Å². The van der Waals surface area contributed by atoms with Crippen molar-refractivity contribution in [2.24, 2.45) is 0 Å². The molecule has 0 aromatic rings. The smallest absolute Gasteiger partial charge is 0.00187 e. The second-order valence-corrected chi connectivity index (χ2v) is 3.61. The lowest BCUT2D eigenvalue weighted by atomic mass is 10.1. The molecule has 0 aromatic carbocycles. The summed E-state index contributed by atoms with van der Waals surface area (Å²) in [4.78, 5) is 2.62. The van der Waals surface area contributed by atoms with E-state index in [0.29, 0.717) is 0 Å². The molecule has 1 rings (SSSR count). The number of hydrogen-bond donors (Lipinski definition) is 0. The lowest BCUT2D eigenvalue weighted by molar-refractivity contribution is 0.224. The third-order valence-electron chi connectivity index (χ3n) is 2.53. The SMILES string of the molecule is CCCCCN1CCCCC1.I. The monoisotopic (exact) mass is 283 g/mol. The van der Waals surface area contributed by atoms with E-state index in [4.69, 9.17) is 0 Å². The van der Waals surface area contributed by atoms with E-state index in [9.17, 15) is 0 Å². The minimum atomic E-state index is 0. The summed E-state index contributed by atoms with van der Waals surface area (Å²) in [6, 6.07) is 0. The van der Waals surface area contributed by atoms with Crippen LogP contribution >= 0.6 is 24.0 Å².